The minimum Gasteiger partial charge on any atom is -0.394 e. The fraction of sp³-hybridized carbons (Fsp3) is 0.968. The second-order valence-corrected chi connectivity index (χ2v) is 12.7. The number of aliphatic hydroxyl groups excluding tert-OH is 8. The number of amides is 1. The summed E-state index contributed by atoms with van der Waals surface area (Å²) < 4.78 is 35.5. The molecule has 3 aliphatic rings. The van der Waals surface area contributed by atoms with Crippen LogP contribution in [0.1, 0.15) is 65.7 Å². The standard InChI is InChI=1S/C31H58N2O15/c1-4-6-7-8-9-10-12-43-31-28(26(42)23(39)18(14-35)45-31)48-30-21(33-16(3)37)25(41)27(19(15-36)46-30)47-29-20(32-11-5-2)24(40)22(38)17(13-34)44-29/h17-32,34-36,38-42H,4-15H2,1-3H3,(H,33,37)/t17-,18-,19-,20-,21-,22+,23-,24-,25-,26+,27-,28+,29+,30+,31+/m1/s1. The lowest BCUT2D eigenvalue weighted by Crippen LogP contribution is -2.70. The predicted octanol–water partition coefficient (Wildman–Crippen LogP) is -3.04. The number of hydrogen-bond acceptors (Lipinski definition) is 16. The lowest BCUT2D eigenvalue weighted by molar-refractivity contribution is -0.367. The van der Waals surface area contributed by atoms with Crippen molar-refractivity contribution < 1.29 is 74.1 Å². The maximum absolute atomic E-state index is 12.3. The molecule has 3 aliphatic heterocycles. The molecule has 282 valence electrons. The fourth-order valence-corrected chi connectivity index (χ4v) is 6.19. The molecule has 48 heavy (non-hydrogen) atoms. The fourth-order valence-electron chi connectivity index (χ4n) is 6.19. The van der Waals surface area contributed by atoms with E-state index in [0.29, 0.717) is 19.4 Å². The number of aliphatic hydroxyl groups is 8. The maximum Gasteiger partial charge on any atom is 0.217 e. The Morgan fingerprint density at radius 2 is 1.17 bits per heavy atom. The molecule has 10 N–H and O–H groups in total. The van der Waals surface area contributed by atoms with Crippen molar-refractivity contribution in [1.29, 1.82) is 0 Å². The number of ether oxygens (including phenoxy) is 6. The first kappa shape index (κ1) is 41.3. The number of carbonyl (C=O) groups excluding carboxylic acids is 1. The van der Waals surface area contributed by atoms with Crippen LogP contribution in [0.25, 0.3) is 0 Å². The Hall–Kier alpha value is -1.13. The van der Waals surface area contributed by atoms with Gasteiger partial charge < -0.3 is 79.9 Å². The zero-order chi connectivity index (χ0) is 35.4. The van der Waals surface area contributed by atoms with Crippen LogP contribution in [0.15, 0.2) is 0 Å². The van der Waals surface area contributed by atoms with Gasteiger partial charge >= 0.3 is 0 Å². The van der Waals surface area contributed by atoms with Gasteiger partial charge in [-0.2, -0.15) is 0 Å². The van der Waals surface area contributed by atoms with E-state index in [1.54, 1.807) is 0 Å². The molecule has 17 nitrogen and oxygen atoms in total. The van der Waals surface area contributed by atoms with E-state index in [9.17, 15) is 45.6 Å². The van der Waals surface area contributed by atoms with Crippen molar-refractivity contribution in [3.63, 3.8) is 0 Å². The van der Waals surface area contributed by atoms with Crippen molar-refractivity contribution in [3.05, 3.63) is 0 Å². The first-order chi connectivity index (χ1) is 23.0. The first-order valence-corrected chi connectivity index (χ1v) is 17.1. The molecular weight excluding hydrogens is 640 g/mol. The van der Waals surface area contributed by atoms with Crippen LogP contribution in [-0.4, -0.2) is 172 Å². The van der Waals surface area contributed by atoms with E-state index in [4.69, 9.17) is 28.4 Å². The summed E-state index contributed by atoms with van der Waals surface area (Å²) >= 11 is 0. The van der Waals surface area contributed by atoms with E-state index in [2.05, 4.69) is 17.6 Å². The third-order valence-electron chi connectivity index (χ3n) is 8.92. The molecule has 1 amide bonds. The third-order valence-corrected chi connectivity index (χ3v) is 8.92. The monoisotopic (exact) mass is 698 g/mol. The molecule has 0 aromatic carbocycles. The molecule has 17 heteroatoms. The third kappa shape index (κ3) is 10.7. The molecule has 0 aromatic rings. The highest BCUT2D eigenvalue weighted by atomic mass is 16.8. The van der Waals surface area contributed by atoms with Gasteiger partial charge in [-0.3, -0.25) is 4.79 Å². The van der Waals surface area contributed by atoms with Crippen LogP contribution < -0.4 is 10.6 Å². The number of nitrogens with one attached hydrogen (secondary N) is 2. The van der Waals surface area contributed by atoms with Crippen LogP contribution in [0, 0.1) is 0 Å². The van der Waals surface area contributed by atoms with Gasteiger partial charge in [0, 0.05) is 13.5 Å². The largest absolute Gasteiger partial charge is 0.394 e. The lowest BCUT2D eigenvalue weighted by Gasteiger charge is -2.49. The van der Waals surface area contributed by atoms with Crippen LogP contribution in [0.2, 0.25) is 0 Å². The average molecular weight is 699 g/mol. The topological polar surface area (TPSA) is 258 Å². The molecule has 0 unspecified atom stereocenters. The van der Waals surface area contributed by atoms with Gasteiger partial charge in [-0.15, -0.1) is 0 Å². The minimum atomic E-state index is -1.64. The Morgan fingerprint density at radius 3 is 1.77 bits per heavy atom. The highest BCUT2D eigenvalue weighted by Gasteiger charge is 2.54. The Balaban J connectivity index is 1.81. The highest BCUT2D eigenvalue weighted by molar-refractivity contribution is 5.73. The molecule has 3 saturated heterocycles. The van der Waals surface area contributed by atoms with Crippen molar-refractivity contribution in [2.75, 3.05) is 33.0 Å². The van der Waals surface area contributed by atoms with E-state index >= 15 is 0 Å². The smallest absolute Gasteiger partial charge is 0.217 e. The summed E-state index contributed by atoms with van der Waals surface area (Å²) in [5.74, 6) is -0.593. The van der Waals surface area contributed by atoms with E-state index < -0.39 is 118 Å². The average Bonchev–Trinajstić information content (AvgIpc) is 3.07. The zero-order valence-corrected chi connectivity index (χ0v) is 28.1. The summed E-state index contributed by atoms with van der Waals surface area (Å²) in [4.78, 5) is 12.3. The number of hydrogen-bond donors (Lipinski definition) is 10. The van der Waals surface area contributed by atoms with E-state index in [0.717, 1.165) is 32.1 Å². The summed E-state index contributed by atoms with van der Waals surface area (Å²) in [5.41, 5.74) is 0. The molecule has 0 saturated carbocycles. The van der Waals surface area contributed by atoms with Crippen molar-refractivity contribution in [2.24, 2.45) is 0 Å². The first-order valence-electron chi connectivity index (χ1n) is 17.1. The number of carbonyl (C=O) groups is 1. The molecular formula is C31H58N2O15. The van der Waals surface area contributed by atoms with Gasteiger partial charge in [0.1, 0.15) is 67.1 Å². The van der Waals surface area contributed by atoms with E-state index in [-0.39, 0.29) is 6.61 Å². The van der Waals surface area contributed by atoms with Gasteiger partial charge in [0.2, 0.25) is 5.91 Å². The Labute approximate surface area is 281 Å². The zero-order valence-electron chi connectivity index (χ0n) is 28.1. The molecule has 0 radical (unpaired) electrons. The summed E-state index contributed by atoms with van der Waals surface area (Å²) in [6.45, 7) is 3.84. The molecule has 3 rings (SSSR count). The summed E-state index contributed by atoms with van der Waals surface area (Å²) in [5, 5.41) is 89.9. The minimum absolute atomic E-state index is 0.222. The Kier molecular flexibility index (Phi) is 17.8. The van der Waals surface area contributed by atoms with Gasteiger partial charge in [0.25, 0.3) is 0 Å². The van der Waals surface area contributed by atoms with Gasteiger partial charge in [-0.1, -0.05) is 46.0 Å². The molecule has 0 spiro atoms. The molecule has 0 aliphatic carbocycles. The van der Waals surface area contributed by atoms with Crippen LogP contribution in [0.4, 0.5) is 0 Å². The normalized spacial score (nSPS) is 40.5. The lowest BCUT2D eigenvalue weighted by atomic mass is 9.94. The van der Waals surface area contributed by atoms with Gasteiger partial charge in [0.15, 0.2) is 18.9 Å². The summed E-state index contributed by atoms with van der Waals surface area (Å²) in [6.07, 6.45) is -11.9. The molecule has 15 atom stereocenters. The quantitative estimate of drug-likeness (QED) is 0.0602. The van der Waals surface area contributed by atoms with Crippen molar-refractivity contribution in [1.82, 2.24) is 10.6 Å². The number of rotatable bonds is 19. The van der Waals surface area contributed by atoms with Crippen molar-refractivity contribution in [3.8, 4) is 0 Å². The highest BCUT2D eigenvalue weighted by Crippen LogP contribution is 2.33. The molecule has 3 fully saturated rings. The van der Waals surface area contributed by atoms with Crippen molar-refractivity contribution in [2.45, 2.75) is 158 Å². The van der Waals surface area contributed by atoms with Crippen LogP contribution >= 0.6 is 0 Å². The summed E-state index contributed by atoms with van der Waals surface area (Å²) in [6, 6.07) is -2.38. The van der Waals surface area contributed by atoms with Gasteiger partial charge in [-0.05, 0) is 19.4 Å². The van der Waals surface area contributed by atoms with Crippen LogP contribution in [0.5, 0.6) is 0 Å². The van der Waals surface area contributed by atoms with E-state index in [1.807, 2.05) is 6.92 Å². The molecule has 0 aromatic heterocycles. The predicted molar refractivity (Wildman–Crippen MR) is 166 cm³/mol. The van der Waals surface area contributed by atoms with E-state index in [1.165, 1.54) is 6.92 Å². The second kappa shape index (κ2) is 20.7. The van der Waals surface area contributed by atoms with Crippen LogP contribution in [0.3, 0.4) is 0 Å². The second-order valence-electron chi connectivity index (χ2n) is 12.7. The van der Waals surface area contributed by atoms with Gasteiger partial charge in [-0.25, -0.2) is 0 Å². The Morgan fingerprint density at radius 1 is 0.625 bits per heavy atom. The maximum atomic E-state index is 12.3. The van der Waals surface area contributed by atoms with Crippen LogP contribution in [-0.2, 0) is 33.2 Å². The molecule has 3 heterocycles. The number of unbranched alkanes of at least 4 members (excludes halogenated alkanes) is 5. The Bertz CT molecular complexity index is 923. The molecule has 0 bridgehead atoms. The van der Waals surface area contributed by atoms with Crippen molar-refractivity contribution >= 4 is 5.91 Å². The SMILES string of the molecule is CCCCCCCCO[C@H]1O[C@H](CO)[C@@H](O)[C@H](O)[C@@H]1O[C@@H]1O[C@H](CO)[C@@H](O[C@@H]2O[C@H](CO)[C@H](O)[C@H](O)[C@H]2NCCC)[C@H](O)[C@H]1NC(C)=O. The summed E-state index contributed by atoms with van der Waals surface area (Å²) in [7, 11) is 0. The van der Waals surface area contributed by atoms with Gasteiger partial charge in [0.05, 0.1) is 25.9 Å².